The van der Waals surface area contributed by atoms with Gasteiger partial charge in [-0.3, -0.25) is 9.59 Å². The fraction of sp³-hybridized carbons (Fsp3) is 0.290. The number of para-hydroxylation sites is 2. The molecule has 0 saturated carbocycles. The van der Waals surface area contributed by atoms with Gasteiger partial charge >= 0.3 is 11.9 Å². The predicted octanol–water partition coefficient (Wildman–Crippen LogP) is 7.72. The van der Waals surface area contributed by atoms with E-state index in [2.05, 4.69) is 10.6 Å². The van der Waals surface area contributed by atoms with Gasteiger partial charge in [-0.15, -0.1) is 0 Å². The molecule has 2 heterocycles. The van der Waals surface area contributed by atoms with E-state index in [1.807, 2.05) is 72.8 Å². The van der Waals surface area contributed by atoms with Crippen molar-refractivity contribution in [2.24, 2.45) is 14.1 Å². The minimum absolute atomic E-state index is 0.0908. The summed E-state index contributed by atoms with van der Waals surface area (Å²) in [4.78, 5) is 54.7. The Kier molecular flexibility index (Phi) is 19.3. The number of aromatic nitrogens is 2. The van der Waals surface area contributed by atoms with Gasteiger partial charge in [0, 0.05) is 38.3 Å². The van der Waals surface area contributed by atoms with Gasteiger partial charge in [0.1, 0.15) is 48.4 Å². The van der Waals surface area contributed by atoms with Gasteiger partial charge in [0.25, 0.3) is 11.1 Å². The van der Waals surface area contributed by atoms with Crippen molar-refractivity contribution in [2.75, 3.05) is 82.1 Å². The molecule has 0 radical (unpaired) electrons. The molecule has 0 bridgehead atoms. The third kappa shape index (κ3) is 13.6. The molecule has 8 aromatic rings. The van der Waals surface area contributed by atoms with Crippen LogP contribution < -0.4 is 59.6 Å². The van der Waals surface area contributed by atoms with Gasteiger partial charge in [-0.05, 0) is 133 Å². The van der Waals surface area contributed by atoms with Crippen molar-refractivity contribution in [2.45, 2.75) is 25.0 Å². The zero-order valence-electron chi connectivity index (χ0n) is 46.1. The van der Waals surface area contributed by atoms with E-state index in [1.165, 1.54) is 14.2 Å². The van der Waals surface area contributed by atoms with E-state index in [4.69, 9.17) is 47.4 Å². The molecule has 0 aliphatic carbocycles. The number of fused-ring (bicyclic) bond motifs is 2. The molecule has 8 rings (SSSR count). The van der Waals surface area contributed by atoms with Crippen LogP contribution in [-0.2, 0) is 46.0 Å². The normalized spacial score (nSPS) is 11.8. The Morgan fingerprint density at radius 3 is 1.24 bits per heavy atom. The average molecular weight is 1090 g/mol. The number of hydrogen-bond donors (Lipinski definition) is 2. The van der Waals surface area contributed by atoms with Crippen molar-refractivity contribution >= 4 is 33.5 Å². The number of rotatable bonds is 26. The zero-order chi connectivity index (χ0) is 56.7. The molecule has 0 aliphatic heterocycles. The summed E-state index contributed by atoms with van der Waals surface area (Å²) in [5.41, 5.74) is 4.22. The molecule has 80 heavy (non-hydrogen) atoms. The Hall–Kier alpha value is -9.00. The molecule has 0 amide bonds. The Morgan fingerprint density at radius 1 is 0.450 bits per heavy atom. The molecule has 0 fully saturated rings. The van der Waals surface area contributed by atoms with Crippen LogP contribution in [0.3, 0.4) is 0 Å². The van der Waals surface area contributed by atoms with Crippen molar-refractivity contribution in [1.29, 1.82) is 0 Å². The Bertz CT molecular complexity index is 3360. The molecule has 418 valence electrons. The minimum Gasteiger partial charge on any atom is -0.497 e. The molecule has 6 aromatic carbocycles. The highest BCUT2D eigenvalue weighted by atomic mass is 16.6. The third-order valence-corrected chi connectivity index (χ3v) is 13.7. The number of nitrogens with one attached hydrogen (secondary N) is 2. The Balaban J connectivity index is 0.990. The van der Waals surface area contributed by atoms with Crippen LogP contribution >= 0.6 is 0 Å². The van der Waals surface area contributed by atoms with Crippen molar-refractivity contribution in [3.63, 3.8) is 0 Å². The summed E-state index contributed by atoms with van der Waals surface area (Å²) in [6.45, 7) is 0.730. The van der Waals surface area contributed by atoms with Crippen LogP contribution in [0, 0.1) is 0 Å². The molecular weight excluding hydrogens is 1020 g/mol. The summed E-state index contributed by atoms with van der Waals surface area (Å²) < 4.78 is 60.7. The lowest BCUT2D eigenvalue weighted by molar-refractivity contribution is -0.175. The van der Waals surface area contributed by atoms with Gasteiger partial charge in [-0.1, -0.05) is 48.5 Å². The summed E-state index contributed by atoms with van der Waals surface area (Å²) in [6, 6.07) is 40.4. The molecule has 2 aromatic heterocycles. The highest BCUT2D eigenvalue weighted by Gasteiger charge is 2.28. The maximum absolute atomic E-state index is 13.9. The van der Waals surface area contributed by atoms with Gasteiger partial charge in [0.15, 0.2) is 23.0 Å². The fourth-order valence-electron chi connectivity index (χ4n) is 9.29. The number of pyridine rings is 2. The van der Waals surface area contributed by atoms with E-state index < -0.39 is 24.1 Å². The first-order valence-corrected chi connectivity index (χ1v) is 25.9. The van der Waals surface area contributed by atoms with Crippen LogP contribution in [-0.4, -0.2) is 115 Å². The van der Waals surface area contributed by atoms with Crippen LogP contribution in [0.2, 0.25) is 0 Å². The average Bonchev–Trinajstić information content (AvgIpc) is 3.54. The van der Waals surface area contributed by atoms with Crippen molar-refractivity contribution < 1.29 is 57.0 Å². The number of nitrogens with zero attached hydrogens (tertiary/aromatic N) is 2. The monoisotopic (exact) mass is 1090 g/mol. The minimum atomic E-state index is -1.25. The molecule has 2 N–H and O–H groups in total. The van der Waals surface area contributed by atoms with Crippen molar-refractivity contribution in [3.05, 3.63) is 165 Å². The maximum Gasteiger partial charge on any atom is 0.417 e. The van der Waals surface area contributed by atoms with Crippen LogP contribution in [0.5, 0.6) is 46.0 Å². The predicted molar refractivity (Wildman–Crippen MR) is 305 cm³/mol. The van der Waals surface area contributed by atoms with E-state index in [-0.39, 0.29) is 37.4 Å². The second-order valence-electron chi connectivity index (χ2n) is 18.6. The summed E-state index contributed by atoms with van der Waals surface area (Å²) in [5.74, 6) is 1.50. The molecule has 2 unspecified atom stereocenters. The summed E-state index contributed by atoms with van der Waals surface area (Å²) in [5, 5.41) is 9.17. The van der Waals surface area contributed by atoms with Gasteiger partial charge in [-0.2, -0.15) is 0 Å². The number of carbonyl (C=O) groups excluding carboxylic acids is 2. The first-order valence-electron chi connectivity index (χ1n) is 25.9. The van der Waals surface area contributed by atoms with Gasteiger partial charge in [-0.25, -0.2) is 9.59 Å². The van der Waals surface area contributed by atoms with E-state index in [9.17, 15) is 19.2 Å². The second kappa shape index (κ2) is 27.0. The van der Waals surface area contributed by atoms with Crippen molar-refractivity contribution in [3.8, 4) is 68.5 Å². The number of hydrogen-bond acceptors (Lipinski definition) is 16. The largest absolute Gasteiger partial charge is 0.497 e. The van der Waals surface area contributed by atoms with E-state index >= 15 is 0 Å². The highest BCUT2D eigenvalue weighted by Crippen LogP contribution is 2.35. The van der Waals surface area contributed by atoms with E-state index in [0.717, 1.165) is 33.4 Å². The number of esters is 2. The molecule has 0 aliphatic rings. The molecule has 0 spiro atoms. The lowest BCUT2D eigenvalue weighted by Crippen LogP contribution is -2.41. The van der Waals surface area contributed by atoms with Crippen LogP contribution in [0.1, 0.15) is 11.1 Å². The molecular formula is C62H66N4O14. The summed E-state index contributed by atoms with van der Waals surface area (Å²) in [6.07, 6.45) is -0.827. The van der Waals surface area contributed by atoms with Crippen molar-refractivity contribution in [1.82, 2.24) is 19.8 Å². The number of carbonyl (C=O) groups is 2. The van der Waals surface area contributed by atoms with Crippen LogP contribution in [0.25, 0.3) is 44.1 Å². The molecule has 18 heteroatoms. The van der Waals surface area contributed by atoms with Gasteiger partial charge < -0.3 is 67.1 Å². The second-order valence-corrected chi connectivity index (χ2v) is 18.6. The first kappa shape index (κ1) is 57.2. The SMILES string of the molecule is COc1ccc2cc(-c3ccc(OCC(CNCCc4ccccc4OC)OC(=O)C(=O)OC(CNCCc4ccccc4OC)COc4ccc(-c5cc6ccc(OC)cc6c(=O)n5C)cc4OC)c(OC)c3)n(C)c(=O)c2c1. The van der Waals surface area contributed by atoms with Crippen LogP contribution in [0.4, 0.5) is 0 Å². The molecule has 18 nitrogen and oxygen atoms in total. The van der Waals surface area contributed by atoms with E-state index in [1.54, 1.807) is 112 Å². The fourth-order valence-corrected chi connectivity index (χ4v) is 9.29. The lowest BCUT2D eigenvalue weighted by atomic mass is 10.1. The summed E-state index contributed by atoms with van der Waals surface area (Å²) in [7, 11) is 12.7. The summed E-state index contributed by atoms with van der Waals surface area (Å²) >= 11 is 0. The zero-order valence-corrected chi connectivity index (χ0v) is 46.1. The topological polar surface area (TPSA) is 194 Å². The molecule has 2 atom stereocenters. The van der Waals surface area contributed by atoms with Gasteiger partial charge in [0.05, 0.1) is 64.8 Å². The third-order valence-electron chi connectivity index (χ3n) is 13.7. The Labute approximate surface area is 463 Å². The smallest absolute Gasteiger partial charge is 0.417 e. The quantitative estimate of drug-likeness (QED) is 0.0304. The van der Waals surface area contributed by atoms with Crippen LogP contribution in [0.15, 0.2) is 143 Å². The number of ether oxygens (including phenoxy) is 10. The first-order chi connectivity index (χ1) is 38.9. The standard InChI is InChI=1S/C62H66N4O14/c1-65-51(29-41-17-21-45(71-3)33-49(41)59(65)67)43-19-23-55(57(31-43)75-7)77-37-47(35-63-27-25-39-13-9-11-15-53(39)73-5)79-61(69)62(70)80-48(36-64-28-26-40-14-10-12-16-54(40)74-6)38-78-56-24-20-44(32-58(56)76-8)52-30-42-18-22-46(72-4)34-50(42)60(68)66(52)2/h9-24,29-34,47-48,63-64H,25-28,35-38H2,1-8H3. The van der Waals surface area contributed by atoms with Gasteiger partial charge in [0.2, 0.25) is 0 Å². The number of methoxy groups -OCH3 is 6. The Morgan fingerprint density at radius 2 is 0.850 bits per heavy atom. The number of benzene rings is 6. The highest BCUT2D eigenvalue weighted by molar-refractivity contribution is 6.29. The molecule has 0 saturated heterocycles. The lowest BCUT2D eigenvalue weighted by Gasteiger charge is -2.22. The maximum atomic E-state index is 13.9. The van der Waals surface area contributed by atoms with E-state index in [0.29, 0.717) is 93.7 Å².